The Hall–Kier alpha value is -1.39. The van der Waals surface area contributed by atoms with Crippen LogP contribution in [0.1, 0.15) is 24.6 Å². The summed E-state index contributed by atoms with van der Waals surface area (Å²) in [6.07, 6.45) is 2.43. The Morgan fingerprint density at radius 3 is 3.06 bits per heavy atom. The molecule has 0 bridgehead atoms. The van der Waals surface area contributed by atoms with E-state index < -0.39 is 0 Å². The Morgan fingerprint density at radius 2 is 2.28 bits per heavy atom. The van der Waals surface area contributed by atoms with Crippen LogP contribution in [0.15, 0.2) is 29.6 Å². The van der Waals surface area contributed by atoms with E-state index in [1.807, 2.05) is 18.2 Å². The molecule has 2 aromatic rings. The number of hydrogen-bond donors (Lipinski definition) is 1. The molecule has 1 aliphatic heterocycles. The van der Waals surface area contributed by atoms with Crippen molar-refractivity contribution < 1.29 is 4.74 Å². The second kappa shape index (κ2) is 5.08. The summed E-state index contributed by atoms with van der Waals surface area (Å²) < 4.78 is 5.39. The first-order valence-electron chi connectivity index (χ1n) is 6.20. The van der Waals surface area contributed by atoms with Crippen molar-refractivity contribution in [2.75, 3.05) is 13.7 Å². The second-order valence-corrected chi connectivity index (χ2v) is 5.28. The van der Waals surface area contributed by atoms with Crippen LogP contribution in [0.25, 0.3) is 10.6 Å². The number of para-hydroxylation sites is 1. The zero-order valence-corrected chi connectivity index (χ0v) is 11.2. The molecule has 1 N–H and O–H groups in total. The van der Waals surface area contributed by atoms with Gasteiger partial charge in [0.25, 0.3) is 0 Å². The highest BCUT2D eigenvalue weighted by Crippen LogP contribution is 2.34. The van der Waals surface area contributed by atoms with Gasteiger partial charge in [0.1, 0.15) is 10.8 Å². The smallest absolute Gasteiger partial charge is 0.129 e. The average molecular weight is 260 g/mol. The lowest BCUT2D eigenvalue weighted by atomic mass is 10.2. The molecule has 1 aromatic carbocycles. The van der Waals surface area contributed by atoms with E-state index in [4.69, 9.17) is 9.72 Å². The van der Waals surface area contributed by atoms with Gasteiger partial charge in [-0.1, -0.05) is 12.1 Å². The summed E-state index contributed by atoms with van der Waals surface area (Å²) in [5.41, 5.74) is 2.24. The van der Waals surface area contributed by atoms with Gasteiger partial charge in [0.15, 0.2) is 0 Å². The molecule has 2 heterocycles. The number of benzene rings is 1. The fourth-order valence-corrected chi connectivity index (χ4v) is 3.23. The monoisotopic (exact) mass is 260 g/mol. The van der Waals surface area contributed by atoms with E-state index >= 15 is 0 Å². The summed E-state index contributed by atoms with van der Waals surface area (Å²) in [6.45, 7) is 1.10. The summed E-state index contributed by atoms with van der Waals surface area (Å²) in [5, 5.41) is 6.67. The molecule has 4 heteroatoms. The van der Waals surface area contributed by atoms with Crippen molar-refractivity contribution >= 4 is 11.3 Å². The Morgan fingerprint density at radius 1 is 1.39 bits per heavy atom. The van der Waals surface area contributed by atoms with Gasteiger partial charge in [0.2, 0.25) is 0 Å². The fraction of sp³-hybridized carbons (Fsp3) is 0.357. The number of nitrogens with zero attached hydrogens (tertiary/aromatic N) is 1. The van der Waals surface area contributed by atoms with Crippen molar-refractivity contribution in [1.29, 1.82) is 0 Å². The van der Waals surface area contributed by atoms with E-state index in [1.165, 1.54) is 18.5 Å². The Bertz CT molecular complexity index is 532. The fourth-order valence-electron chi connectivity index (χ4n) is 2.33. The summed E-state index contributed by atoms with van der Waals surface area (Å²) in [5.74, 6) is 0.887. The second-order valence-electron chi connectivity index (χ2n) is 4.43. The van der Waals surface area contributed by atoms with Crippen molar-refractivity contribution in [3.05, 3.63) is 35.3 Å². The van der Waals surface area contributed by atoms with Crippen molar-refractivity contribution in [2.45, 2.75) is 18.9 Å². The maximum Gasteiger partial charge on any atom is 0.129 e. The van der Waals surface area contributed by atoms with Gasteiger partial charge in [-0.2, -0.15) is 0 Å². The van der Waals surface area contributed by atoms with Gasteiger partial charge >= 0.3 is 0 Å². The largest absolute Gasteiger partial charge is 0.496 e. The van der Waals surface area contributed by atoms with Crippen LogP contribution in [0.5, 0.6) is 5.75 Å². The number of thiazole rings is 1. The lowest BCUT2D eigenvalue weighted by molar-refractivity contribution is 0.416. The number of rotatable bonds is 3. The van der Waals surface area contributed by atoms with Gasteiger partial charge in [0, 0.05) is 5.38 Å². The molecule has 18 heavy (non-hydrogen) atoms. The highest BCUT2D eigenvalue weighted by atomic mass is 32.1. The molecular weight excluding hydrogens is 244 g/mol. The van der Waals surface area contributed by atoms with Crippen molar-refractivity contribution in [2.24, 2.45) is 0 Å². The topological polar surface area (TPSA) is 34.1 Å². The highest BCUT2D eigenvalue weighted by molar-refractivity contribution is 7.13. The first kappa shape index (κ1) is 11.7. The van der Waals surface area contributed by atoms with E-state index in [-0.39, 0.29) is 0 Å². The maximum absolute atomic E-state index is 5.39. The van der Waals surface area contributed by atoms with Crippen LogP contribution in [-0.2, 0) is 0 Å². The predicted molar refractivity (Wildman–Crippen MR) is 74.1 cm³/mol. The van der Waals surface area contributed by atoms with Crippen LogP contribution in [0, 0.1) is 0 Å². The standard InChI is InChI=1S/C14H16N2OS/c1-17-13-7-3-2-5-10(13)14-16-12(9-18-14)11-6-4-8-15-11/h2-3,5,7,9,11,15H,4,6,8H2,1H3. The molecule has 1 fully saturated rings. The van der Waals surface area contributed by atoms with Gasteiger partial charge in [-0.05, 0) is 31.5 Å². The van der Waals surface area contributed by atoms with Crippen LogP contribution in [0.2, 0.25) is 0 Å². The van der Waals surface area contributed by atoms with E-state index in [2.05, 4.69) is 16.8 Å². The number of ether oxygens (including phenoxy) is 1. The zero-order chi connectivity index (χ0) is 12.4. The molecule has 94 valence electrons. The molecule has 1 unspecified atom stereocenters. The molecule has 1 saturated heterocycles. The number of nitrogens with one attached hydrogen (secondary N) is 1. The van der Waals surface area contributed by atoms with E-state index in [0.29, 0.717) is 6.04 Å². The van der Waals surface area contributed by atoms with Gasteiger partial charge in [-0.25, -0.2) is 4.98 Å². The number of methoxy groups -OCH3 is 1. The first-order chi connectivity index (χ1) is 8.88. The third-order valence-corrected chi connectivity index (χ3v) is 4.17. The van der Waals surface area contributed by atoms with Crippen LogP contribution in [0.4, 0.5) is 0 Å². The minimum Gasteiger partial charge on any atom is -0.496 e. The quantitative estimate of drug-likeness (QED) is 0.920. The lowest BCUT2D eigenvalue weighted by Crippen LogP contribution is -2.12. The van der Waals surface area contributed by atoms with Gasteiger partial charge in [-0.15, -0.1) is 11.3 Å². The Kier molecular flexibility index (Phi) is 3.30. The first-order valence-corrected chi connectivity index (χ1v) is 7.08. The minimum absolute atomic E-state index is 0.435. The average Bonchev–Trinajstić information content (AvgIpc) is 3.09. The third-order valence-electron chi connectivity index (χ3n) is 3.28. The SMILES string of the molecule is COc1ccccc1-c1nc(C2CCCN2)cs1. The van der Waals surface area contributed by atoms with Crippen LogP contribution in [0.3, 0.4) is 0 Å². The zero-order valence-electron chi connectivity index (χ0n) is 10.3. The molecule has 0 amide bonds. The van der Waals surface area contributed by atoms with E-state index in [9.17, 15) is 0 Å². The van der Waals surface area contributed by atoms with Crippen LogP contribution in [-0.4, -0.2) is 18.6 Å². The van der Waals surface area contributed by atoms with E-state index in [0.717, 1.165) is 22.9 Å². The molecule has 3 rings (SSSR count). The predicted octanol–water partition coefficient (Wildman–Crippen LogP) is 3.24. The lowest BCUT2D eigenvalue weighted by Gasteiger charge is -2.06. The molecule has 1 aliphatic rings. The molecule has 1 atom stereocenters. The molecule has 0 saturated carbocycles. The minimum atomic E-state index is 0.435. The summed E-state index contributed by atoms with van der Waals surface area (Å²) >= 11 is 1.69. The van der Waals surface area contributed by atoms with Crippen molar-refractivity contribution in [3.63, 3.8) is 0 Å². The normalized spacial score (nSPS) is 19.1. The number of hydrogen-bond acceptors (Lipinski definition) is 4. The van der Waals surface area contributed by atoms with Gasteiger partial charge < -0.3 is 10.1 Å². The van der Waals surface area contributed by atoms with Gasteiger partial charge in [0.05, 0.1) is 24.4 Å². The maximum atomic E-state index is 5.39. The Labute approximate surface area is 111 Å². The van der Waals surface area contributed by atoms with Crippen molar-refractivity contribution in [3.8, 4) is 16.3 Å². The number of aromatic nitrogens is 1. The molecule has 0 spiro atoms. The van der Waals surface area contributed by atoms with Crippen LogP contribution >= 0.6 is 11.3 Å². The van der Waals surface area contributed by atoms with E-state index in [1.54, 1.807) is 18.4 Å². The Balaban J connectivity index is 1.92. The van der Waals surface area contributed by atoms with Crippen LogP contribution < -0.4 is 10.1 Å². The van der Waals surface area contributed by atoms with Gasteiger partial charge in [-0.3, -0.25) is 0 Å². The summed E-state index contributed by atoms with van der Waals surface area (Å²) in [7, 11) is 1.70. The van der Waals surface area contributed by atoms with Crippen molar-refractivity contribution in [1.82, 2.24) is 10.3 Å². The molecule has 0 aliphatic carbocycles. The molecule has 1 aromatic heterocycles. The summed E-state index contributed by atoms with van der Waals surface area (Å²) in [4.78, 5) is 4.75. The molecule has 0 radical (unpaired) electrons. The highest BCUT2D eigenvalue weighted by Gasteiger charge is 2.19. The molecular formula is C14H16N2OS. The molecule has 3 nitrogen and oxygen atoms in total. The summed E-state index contributed by atoms with van der Waals surface area (Å²) in [6, 6.07) is 8.47. The third kappa shape index (κ3) is 2.13.